The van der Waals surface area contributed by atoms with E-state index < -0.39 is 24.3 Å². The number of anilines is 2. The fourth-order valence-corrected chi connectivity index (χ4v) is 12.2. The Morgan fingerprint density at radius 2 is 1.43 bits per heavy atom. The molecule has 1 aromatic heterocycles. The molecular weight excluding hydrogens is 875 g/mol. The van der Waals surface area contributed by atoms with Gasteiger partial charge in [0.15, 0.2) is 5.58 Å². The number of aromatic nitrogens is 1. The average molecular weight is 944 g/mol. The van der Waals surface area contributed by atoms with Gasteiger partial charge in [-0.3, -0.25) is 9.59 Å². The molecule has 1 spiro atoms. The minimum Gasteiger partial charge on any atom is -0.453 e. The van der Waals surface area contributed by atoms with Crippen molar-refractivity contribution in [3.63, 3.8) is 0 Å². The SMILES string of the molecule is COC(=O)NC(C(=O)N1CCCC1C(C)Nc1cc(-c2ccc(-c3ccc(C4=CNC(C5CCCN5C(=O)C(NC(=O)OC)C(C)C)N4)c4oncc34)c3c2C2(CCCC2)CC3)ccc1N)C(C)C. The van der Waals surface area contributed by atoms with Crippen LogP contribution in [0, 0.1) is 11.8 Å². The van der Waals surface area contributed by atoms with Crippen molar-refractivity contribution in [1.82, 2.24) is 36.2 Å². The number of hydrogen-bond acceptors (Lipinski definition) is 12. The first-order chi connectivity index (χ1) is 33.2. The van der Waals surface area contributed by atoms with Gasteiger partial charge in [-0.2, -0.15) is 0 Å². The number of alkyl carbamates (subject to hydrolysis) is 2. The topological polar surface area (TPSA) is 205 Å². The molecule has 2 aliphatic carbocycles. The Bertz CT molecular complexity index is 2640. The number of methoxy groups -OCH3 is 2. The number of likely N-dealkylation sites (tertiary alicyclic amines) is 2. The van der Waals surface area contributed by atoms with E-state index in [2.05, 4.69) is 75.1 Å². The van der Waals surface area contributed by atoms with Crippen LogP contribution in [0.2, 0.25) is 0 Å². The van der Waals surface area contributed by atoms with Gasteiger partial charge in [-0.15, -0.1) is 0 Å². The Morgan fingerprint density at radius 1 is 0.797 bits per heavy atom. The van der Waals surface area contributed by atoms with Gasteiger partial charge >= 0.3 is 12.2 Å². The molecule has 9 rings (SSSR count). The van der Waals surface area contributed by atoms with Crippen molar-refractivity contribution in [1.29, 1.82) is 0 Å². The molecule has 4 heterocycles. The van der Waals surface area contributed by atoms with Crippen LogP contribution in [-0.2, 0) is 30.9 Å². The lowest BCUT2D eigenvalue weighted by atomic mass is 9.76. The zero-order valence-electron chi connectivity index (χ0n) is 41.1. The van der Waals surface area contributed by atoms with Crippen LogP contribution >= 0.6 is 0 Å². The van der Waals surface area contributed by atoms with E-state index in [0.717, 1.165) is 84.8 Å². The lowest BCUT2D eigenvalue weighted by Crippen LogP contribution is -2.57. The van der Waals surface area contributed by atoms with Crippen LogP contribution in [0.1, 0.15) is 109 Å². The van der Waals surface area contributed by atoms with E-state index in [1.54, 1.807) is 0 Å². The summed E-state index contributed by atoms with van der Waals surface area (Å²) in [5, 5.41) is 21.7. The first kappa shape index (κ1) is 47.6. The van der Waals surface area contributed by atoms with E-state index in [4.69, 9.17) is 19.7 Å². The summed E-state index contributed by atoms with van der Waals surface area (Å²) >= 11 is 0. The molecule has 4 amide bonds. The average Bonchev–Trinajstić information content (AvgIpc) is 4.21. The molecule has 4 aromatic rings. The van der Waals surface area contributed by atoms with Crippen LogP contribution in [-0.4, -0.2) is 103 Å². The summed E-state index contributed by atoms with van der Waals surface area (Å²) in [6.45, 7) is 11.0. The first-order valence-corrected chi connectivity index (χ1v) is 25.0. The standard InChI is InChI=1S/C53H69N9O7/c1-29(2)45(59-51(65)67-6)49(63)61-24-10-12-42(61)31(5)57-40-26-32(14-19-39(40)54)33-15-16-34(36-20-23-53(44(33)36)21-8-9-22-53)35-17-18-37(47-38(35)27-56-69-47)41-28-55-48(58-41)43-13-11-25-62(43)50(64)46(30(3)4)60-52(66)68-7/h14-19,26-31,42-43,45-46,48,55,57-58H,8-13,20-25,54H2,1-7H3,(H,59,65)(H,60,66). The zero-order valence-corrected chi connectivity index (χ0v) is 41.1. The van der Waals surface area contributed by atoms with Gasteiger partial charge in [0.1, 0.15) is 18.2 Å². The number of hydrogen-bond donors (Lipinski definition) is 6. The molecule has 7 N–H and O–H groups in total. The smallest absolute Gasteiger partial charge is 0.407 e. The summed E-state index contributed by atoms with van der Waals surface area (Å²) < 4.78 is 15.7. The molecule has 16 heteroatoms. The van der Waals surface area contributed by atoms with Crippen LogP contribution < -0.4 is 32.3 Å². The molecule has 16 nitrogen and oxygen atoms in total. The number of nitrogens with two attached hydrogens (primary N) is 1. The molecule has 368 valence electrons. The highest BCUT2D eigenvalue weighted by molar-refractivity contribution is 6.01. The quantitative estimate of drug-likeness (QED) is 0.0709. The maximum absolute atomic E-state index is 13.9. The van der Waals surface area contributed by atoms with E-state index in [9.17, 15) is 19.2 Å². The molecule has 1 saturated carbocycles. The van der Waals surface area contributed by atoms with Crippen LogP contribution in [0.3, 0.4) is 0 Å². The first-order valence-electron chi connectivity index (χ1n) is 25.0. The van der Waals surface area contributed by atoms with Crippen LogP contribution in [0.5, 0.6) is 0 Å². The third-order valence-corrected chi connectivity index (χ3v) is 15.7. The molecule has 3 aromatic carbocycles. The number of amides is 4. The second-order valence-corrected chi connectivity index (χ2v) is 20.5. The molecule has 3 fully saturated rings. The number of nitrogens with one attached hydrogen (secondary N) is 5. The number of rotatable bonds is 13. The maximum Gasteiger partial charge on any atom is 0.407 e. The van der Waals surface area contributed by atoms with E-state index in [0.29, 0.717) is 24.4 Å². The predicted octanol–water partition coefficient (Wildman–Crippen LogP) is 7.86. The lowest BCUT2D eigenvalue weighted by molar-refractivity contribution is -0.136. The number of ether oxygens (including phenoxy) is 2. The molecule has 6 atom stereocenters. The van der Waals surface area contributed by atoms with Gasteiger partial charge < -0.3 is 56.1 Å². The number of nitrogens with zero attached hydrogens (tertiary/aromatic N) is 3. The van der Waals surface area contributed by atoms with Crippen molar-refractivity contribution in [3.8, 4) is 22.3 Å². The Morgan fingerprint density at radius 3 is 2.13 bits per heavy atom. The summed E-state index contributed by atoms with van der Waals surface area (Å²) in [5.74, 6) is -0.444. The van der Waals surface area contributed by atoms with Gasteiger partial charge in [-0.05, 0) is 127 Å². The van der Waals surface area contributed by atoms with Crippen LogP contribution in [0.4, 0.5) is 21.0 Å². The van der Waals surface area contributed by atoms with Crippen molar-refractivity contribution >= 4 is 52.0 Å². The summed E-state index contributed by atoms with van der Waals surface area (Å²) in [4.78, 5) is 55.9. The second-order valence-electron chi connectivity index (χ2n) is 20.5. The minimum atomic E-state index is -0.696. The molecule has 0 bridgehead atoms. The normalized spacial score (nSPS) is 21.8. The van der Waals surface area contributed by atoms with E-state index in [-0.39, 0.29) is 53.4 Å². The Labute approximate surface area is 404 Å². The Hall–Kier alpha value is -6.45. The van der Waals surface area contributed by atoms with E-state index in [1.165, 1.54) is 49.3 Å². The Balaban J connectivity index is 0.980. The number of carbonyl (C=O) groups is 4. The molecular formula is C53H69N9O7. The third-order valence-electron chi connectivity index (χ3n) is 15.7. The second kappa shape index (κ2) is 19.5. The van der Waals surface area contributed by atoms with Crippen molar-refractivity contribution in [2.45, 2.75) is 141 Å². The van der Waals surface area contributed by atoms with Gasteiger partial charge in [0.2, 0.25) is 11.8 Å². The summed E-state index contributed by atoms with van der Waals surface area (Å²) in [6, 6.07) is 13.4. The van der Waals surface area contributed by atoms with Crippen LogP contribution in [0.25, 0.3) is 38.9 Å². The number of nitrogen functional groups attached to an aromatic ring is 1. The highest BCUT2D eigenvalue weighted by Gasteiger charge is 2.45. The lowest BCUT2D eigenvalue weighted by Gasteiger charge is -2.34. The van der Waals surface area contributed by atoms with Gasteiger partial charge in [0.25, 0.3) is 0 Å². The minimum absolute atomic E-state index is 0.0835. The van der Waals surface area contributed by atoms with Gasteiger partial charge in [-0.1, -0.05) is 70.0 Å². The molecule has 2 saturated heterocycles. The number of carbonyl (C=O) groups excluding carboxylic acids is 4. The van der Waals surface area contributed by atoms with Crippen LogP contribution in [0.15, 0.2) is 59.4 Å². The number of benzene rings is 3. The Kier molecular flexibility index (Phi) is 13.5. The monoisotopic (exact) mass is 944 g/mol. The van der Waals surface area contributed by atoms with E-state index in [1.807, 2.05) is 56.0 Å². The number of fused-ring (bicyclic) bond motifs is 3. The predicted molar refractivity (Wildman–Crippen MR) is 267 cm³/mol. The zero-order chi connectivity index (χ0) is 48.7. The van der Waals surface area contributed by atoms with Crippen molar-refractivity contribution in [2.24, 2.45) is 11.8 Å². The fraction of sp³-hybridized carbons (Fsp3) is 0.528. The third kappa shape index (κ3) is 8.91. The fourth-order valence-electron chi connectivity index (χ4n) is 12.2. The molecule has 69 heavy (non-hydrogen) atoms. The van der Waals surface area contributed by atoms with Gasteiger partial charge in [-0.25, -0.2) is 9.59 Å². The van der Waals surface area contributed by atoms with Crippen molar-refractivity contribution < 1.29 is 33.2 Å². The highest BCUT2D eigenvalue weighted by atomic mass is 16.5. The van der Waals surface area contributed by atoms with Crippen molar-refractivity contribution in [3.05, 3.63) is 71.6 Å². The summed E-state index contributed by atoms with van der Waals surface area (Å²) in [6.07, 6.45) is 12.5. The maximum atomic E-state index is 13.9. The molecule has 3 aliphatic heterocycles. The summed E-state index contributed by atoms with van der Waals surface area (Å²) in [7, 11) is 2.61. The van der Waals surface area contributed by atoms with Gasteiger partial charge in [0, 0.05) is 30.9 Å². The molecule has 0 radical (unpaired) electrons. The molecule has 6 unspecified atom stereocenters. The highest BCUT2D eigenvalue weighted by Crippen LogP contribution is 2.56. The molecule has 5 aliphatic rings. The van der Waals surface area contributed by atoms with Gasteiger partial charge in [0.05, 0.1) is 55.0 Å². The summed E-state index contributed by atoms with van der Waals surface area (Å²) in [5.41, 5.74) is 18.1. The largest absolute Gasteiger partial charge is 0.453 e. The van der Waals surface area contributed by atoms with Crippen molar-refractivity contribution in [2.75, 3.05) is 38.4 Å². The van der Waals surface area contributed by atoms with E-state index >= 15 is 0 Å².